The number of carbonyl (C=O) groups excluding carboxylic acids is 1. The number of furan rings is 1. The molecule has 0 aliphatic rings. The minimum absolute atomic E-state index is 0.119. The first-order chi connectivity index (χ1) is 14.0. The highest BCUT2D eigenvalue weighted by molar-refractivity contribution is 5.95. The van der Waals surface area contributed by atoms with Crippen LogP contribution >= 0.6 is 0 Å². The normalized spacial score (nSPS) is 11.3. The zero-order valence-electron chi connectivity index (χ0n) is 16.8. The lowest BCUT2D eigenvalue weighted by molar-refractivity contribution is -0.115. The maximum atomic E-state index is 12.6. The number of rotatable bonds is 6. The van der Waals surface area contributed by atoms with Gasteiger partial charge in [0.25, 0.3) is 0 Å². The molecule has 6 heteroatoms. The molecule has 6 nitrogen and oxygen atoms in total. The molecule has 4 rings (SSSR count). The van der Waals surface area contributed by atoms with Crippen LogP contribution in [0.25, 0.3) is 11.0 Å². The van der Waals surface area contributed by atoms with Crippen LogP contribution < -0.4 is 5.32 Å². The summed E-state index contributed by atoms with van der Waals surface area (Å²) in [7, 11) is 0. The van der Waals surface area contributed by atoms with Crippen molar-refractivity contribution < 1.29 is 9.21 Å². The van der Waals surface area contributed by atoms with E-state index < -0.39 is 0 Å². The van der Waals surface area contributed by atoms with Crippen LogP contribution in [-0.2, 0) is 17.8 Å². The van der Waals surface area contributed by atoms with Gasteiger partial charge in [0.2, 0.25) is 5.91 Å². The Bertz CT molecular complexity index is 1140. The molecule has 0 atom stereocenters. The van der Waals surface area contributed by atoms with Crippen molar-refractivity contribution in [2.24, 2.45) is 0 Å². The molecule has 0 bridgehead atoms. The smallest absolute Gasteiger partial charge is 0.230 e. The average molecular weight is 388 g/mol. The number of hydrogen-bond acceptors (Lipinski definition) is 4. The number of anilines is 1. The lowest BCUT2D eigenvalue weighted by atomic mass is 9.95. The molecule has 0 saturated heterocycles. The third kappa shape index (κ3) is 4.21. The van der Waals surface area contributed by atoms with Crippen LogP contribution in [0.2, 0.25) is 0 Å². The monoisotopic (exact) mass is 388 g/mol. The van der Waals surface area contributed by atoms with E-state index in [9.17, 15) is 4.79 Å². The number of aromatic nitrogens is 3. The van der Waals surface area contributed by atoms with Gasteiger partial charge in [0, 0.05) is 35.6 Å². The van der Waals surface area contributed by atoms with Gasteiger partial charge < -0.3 is 9.73 Å². The van der Waals surface area contributed by atoms with E-state index in [4.69, 9.17) is 4.42 Å². The molecular weight excluding hydrogens is 364 g/mol. The lowest BCUT2D eigenvalue weighted by Gasteiger charge is -2.10. The maximum absolute atomic E-state index is 12.6. The maximum Gasteiger partial charge on any atom is 0.230 e. The van der Waals surface area contributed by atoms with E-state index in [0.29, 0.717) is 18.3 Å². The Morgan fingerprint density at radius 3 is 2.90 bits per heavy atom. The van der Waals surface area contributed by atoms with Gasteiger partial charge in [0.15, 0.2) is 5.82 Å². The van der Waals surface area contributed by atoms with Gasteiger partial charge in [-0.05, 0) is 47.7 Å². The summed E-state index contributed by atoms with van der Waals surface area (Å²) in [5.74, 6) is 0.830. The summed E-state index contributed by atoms with van der Waals surface area (Å²) < 4.78 is 7.46. The van der Waals surface area contributed by atoms with Crippen molar-refractivity contribution in [2.45, 2.75) is 39.7 Å². The molecule has 4 aromatic rings. The van der Waals surface area contributed by atoms with Crippen molar-refractivity contribution in [1.29, 1.82) is 0 Å². The summed E-state index contributed by atoms with van der Waals surface area (Å²) in [5, 5.41) is 8.29. The number of amides is 1. The van der Waals surface area contributed by atoms with E-state index in [1.165, 1.54) is 11.1 Å². The molecule has 1 N–H and O–H groups in total. The molecule has 3 heterocycles. The molecule has 1 aromatic carbocycles. The Labute approximate surface area is 169 Å². The highest BCUT2D eigenvalue weighted by atomic mass is 16.3. The second-order valence-corrected chi connectivity index (χ2v) is 7.61. The van der Waals surface area contributed by atoms with Crippen molar-refractivity contribution >= 4 is 22.7 Å². The summed E-state index contributed by atoms with van der Waals surface area (Å²) >= 11 is 0. The number of nitrogens with zero attached hydrogens (tertiary/aromatic N) is 3. The molecule has 29 heavy (non-hydrogen) atoms. The zero-order valence-corrected chi connectivity index (χ0v) is 16.8. The van der Waals surface area contributed by atoms with Crippen LogP contribution in [0.3, 0.4) is 0 Å². The van der Waals surface area contributed by atoms with Crippen molar-refractivity contribution in [3.05, 3.63) is 77.4 Å². The number of aryl methyl sites for hydroxylation is 1. The lowest BCUT2D eigenvalue weighted by Crippen LogP contribution is -2.15. The molecule has 0 aliphatic heterocycles. The Hall–Kier alpha value is -3.41. The highest BCUT2D eigenvalue weighted by Crippen LogP contribution is 2.29. The average Bonchev–Trinajstić information content (AvgIpc) is 3.28. The molecule has 0 spiro atoms. The fraction of sp³-hybridized carbons (Fsp3) is 0.261. The van der Waals surface area contributed by atoms with E-state index in [0.717, 1.165) is 22.1 Å². The van der Waals surface area contributed by atoms with Gasteiger partial charge in [-0.1, -0.05) is 19.9 Å². The van der Waals surface area contributed by atoms with Crippen molar-refractivity contribution in [2.75, 3.05) is 5.32 Å². The topological polar surface area (TPSA) is 73.0 Å². The fourth-order valence-corrected chi connectivity index (χ4v) is 3.56. The van der Waals surface area contributed by atoms with Gasteiger partial charge in [0.1, 0.15) is 5.58 Å². The largest absolute Gasteiger partial charge is 0.464 e. The Balaban J connectivity index is 1.46. The van der Waals surface area contributed by atoms with E-state index >= 15 is 0 Å². The number of benzene rings is 1. The molecular formula is C23H24N4O2. The van der Waals surface area contributed by atoms with E-state index in [1.807, 2.05) is 24.4 Å². The van der Waals surface area contributed by atoms with Gasteiger partial charge in [-0.2, -0.15) is 5.10 Å². The molecule has 0 radical (unpaired) electrons. The second kappa shape index (κ2) is 7.91. The quantitative estimate of drug-likeness (QED) is 0.520. The number of fused-ring (bicyclic) bond motifs is 1. The van der Waals surface area contributed by atoms with Crippen LogP contribution in [0.4, 0.5) is 5.82 Å². The van der Waals surface area contributed by atoms with E-state index in [1.54, 1.807) is 29.4 Å². The summed E-state index contributed by atoms with van der Waals surface area (Å²) in [6, 6.07) is 9.87. The van der Waals surface area contributed by atoms with Crippen LogP contribution in [0.5, 0.6) is 0 Å². The Morgan fingerprint density at radius 1 is 1.28 bits per heavy atom. The standard InChI is InChI=1S/C23H24N4O2/c1-15(2)19-11-20-18(14-29-21(20)9-16(19)3)10-23(28)25-22-6-8-27(26-22)13-17-5-4-7-24-12-17/h4-9,11-12,14-15H,10,13H2,1-3H3,(H,25,26,28). The van der Waals surface area contributed by atoms with Gasteiger partial charge in [-0.3, -0.25) is 14.5 Å². The van der Waals surface area contributed by atoms with Gasteiger partial charge in [-0.15, -0.1) is 0 Å². The zero-order chi connectivity index (χ0) is 20.4. The minimum atomic E-state index is -0.119. The molecule has 0 unspecified atom stereocenters. The predicted octanol–water partition coefficient (Wildman–Crippen LogP) is 4.69. The van der Waals surface area contributed by atoms with Crippen LogP contribution in [0, 0.1) is 6.92 Å². The number of pyridine rings is 1. The van der Waals surface area contributed by atoms with E-state index in [-0.39, 0.29) is 12.3 Å². The SMILES string of the molecule is Cc1cc2occ(CC(=O)Nc3ccn(Cc4cccnc4)n3)c2cc1C(C)C. The minimum Gasteiger partial charge on any atom is -0.464 e. The van der Waals surface area contributed by atoms with Gasteiger partial charge in [0.05, 0.1) is 19.2 Å². The molecule has 0 aliphatic carbocycles. The third-order valence-corrected chi connectivity index (χ3v) is 4.99. The van der Waals surface area contributed by atoms with E-state index in [2.05, 4.69) is 42.2 Å². The first-order valence-corrected chi connectivity index (χ1v) is 9.72. The van der Waals surface area contributed by atoms with Crippen LogP contribution in [-0.4, -0.2) is 20.7 Å². The fourth-order valence-electron chi connectivity index (χ4n) is 3.56. The third-order valence-electron chi connectivity index (χ3n) is 4.99. The molecule has 0 fully saturated rings. The highest BCUT2D eigenvalue weighted by Gasteiger charge is 2.14. The van der Waals surface area contributed by atoms with Crippen molar-refractivity contribution in [3.8, 4) is 0 Å². The van der Waals surface area contributed by atoms with Crippen LogP contribution in [0.15, 0.2) is 59.6 Å². The second-order valence-electron chi connectivity index (χ2n) is 7.61. The van der Waals surface area contributed by atoms with Crippen molar-refractivity contribution in [3.63, 3.8) is 0 Å². The summed E-state index contributed by atoms with van der Waals surface area (Å²) in [6.45, 7) is 7.03. The molecule has 1 amide bonds. The molecule has 148 valence electrons. The van der Waals surface area contributed by atoms with Crippen molar-refractivity contribution in [1.82, 2.24) is 14.8 Å². The first-order valence-electron chi connectivity index (χ1n) is 9.72. The first kappa shape index (κ1) is 18.9. The predicted molar refractivity (Wildman–Crippen MR) is 113 cm³/mol. The number of carbonyl (C=O) groups is 1. The Morgan fingerprint density at radius 2 is 2.14 bits per heavy atom. The Kier molecular flexibility index (Phi) is 5.16. The summed E-state index contributed by atoms with van der Waals surface area (Å²) in [4.78, 5) is 16.7. The number of hydrogen-bond donors (Lipinski definition) is 1. The van der Waals surface area contributed by atoms with Gasteiger partial charge in [-0.25, -0.2) is 0 Å². The van der Waals surface area contributed by atoms with Gasteiger partial charge >= 0.3 is 0 Å². The summed E-state index contributed by atoms with van der Waals surface area (Å²) in [6.07, 6.45) is 7.30. The molecule has 0 saturated carbocycles. The van der Waals surface area contributed by atoms with Crippen LogP contribution in [0.1, 0.15) is 42.0 Å². The summed E-state index contributed by atoms with van der Waals surface area (Å²) in [5.41, 5.74) is 5.23. The molecule has 3 aromatic heterocycles. The number of nitrogens with one attached hydrogen (secondary N) is 1.